The van der Waals surface area contributed by atoms with Crippen LogP contribution in [0, 0.1) is 0 Å². The molecule has 2 heterocycles. The van der Waals surface area contributed by atoms with Gasteiger partial charge in [0.1, 0.15) is 5.66 Å². The average Bonchev–Trinajstić information content (AvgIpc) is 3.10. The molecule has 144 valence electrons. The molecule has 1 atom stereocenters. The molecule has 0 aliphatic carbocycles. The van der Waals surface area contributed by atoms with Crippen LogP contribution in [0.3, 0.4) is 0 Å². The van der Waals surface area contributed by atoms with E-state index in [0.29, 0.717) is 35.7 Å². The van der Waals surface area contributed by atoms with E-state index in [-0.39, 0.29) is 11.8 Å². The maximum absolute atomic E-state index is 13.7. The summed E-state index contributed by atoms with van der Waals surface area (Å²) in [4.78, 5) is 30.4. The molecule has 0 bridgehead atoms. The Morgan fingerprint density at radius 3 is 2.31 bits per heavy atom. The quantitative estimate of drug-likeness (QED) is 0.620. The number of carbonyl (C=O) groups is 2. The third-order valence-corrected chi connectivity index (χ3v) is 6.12. The van der Waals surface area contributed by atoms with Gasteiger partial charge in [-0.25, -0.2) is 0 Å². The van der Waals surface area contributed by atoms with E-state index in [1.54, 1.807) is 6.07 Å². The van der Waals surface area contributed by atoms with Crippen molar-refractivity contribution in [2.24, 2.45) is 0 Å². The predicted molar refractivity (Wildman–Crippen MR) is 113 cm³/mol. The molecular weight excluding hydrogens is 384 g/mol. The minimum atomic E-state index is -0.858. The summed E-state index contributed by atoms with van der Waals surface area (Å²) in [5.74, 6) is -0.0386. The summed E-state index contributed by atoms with van der Waals surface area (Å²) in [6, 6.07) is 24.7. The number of amides is 2. The Bertz CT molecular complexity index is 1100. The third-order valence-electron chi connectivity index (χ3n) is 5.86. The lowest BCUT2D eigenvalue weighted by molar-refractivity contribution is -0.118. The van der Waals surface area contributed by atoms with E-state index in [0.717, 1.165) is 11.1 Å². The van der Waals surface area contributed by atoms with Crippen LogP contribution in [0.5, 0.6) is 0 Å². The monoisotopic (exact) mass is 402 g/mol. The molecule has 0 radical (unpaired) electrons. The number of anilines is 1. The van der Waals surface area contributed by atoms with Gasteiger partial charge in [0.2, 0.25) is 5.91 Å². The number of halogens is 1. The first-order chi connectivity index (χ1) is 14.1. The lowest BCUT2D eigenvalue weighted by Gasteiger charge is -2.51. The number of rotatable bonds is 3. The van der Waals surface area contributed by atoms with Crippen molar-refractivity contribution in [2.45, 2.75) is 25.0 Å². The smallest absolute Gasteiger partial charge is 0.258 e. The van der Waals surface area contributed by atoms with E-state index >= 15 is 0 Å². The molecule has 0 spiro atoms. The van der Waals surface area contributed by atoms with E-state index < -0.39 is 5.66 Å². The highest BCUT2D eigenvalue weighted by Gasteiger charge is 2.56. The normalized spacial score (nSPS) is 20.6. The summed E-state index contributed by atoms with van der Waals surface area (Å²) in [5, 5.41) is 0.623. The van der Waals surface area contributed by atoms with Crippen LogP contribution in [-0.4, -0.2) is 16.7 Å². The van der Waals surface area contributed by atoms with Crippen molar-refractivity contribution in [1.29, 1.82) is 0 Å². The fourth-order valence-electron chi connectivity index (χ4n) is 4.58. The van der Waals surface area contributed by atoms with Gasteiger partial charge < -0.3 is 4.90 Å². The lowest BCUT2D eigenvalue weighted by Crippen LogP contribution is -2.61. The molecule has 2 aliphatic rings. The van der Waals surface area contributed by atoms with Gasteiger partial charge >= 0.3 is 0 Å². The molecule has 1 fully saturated rings. The van der Waals surface area contributed by atoms with Crippen LogP contribution in [0.25, 0.3) is 0 Å². The van der Waals surface area contributed by atoms with Gasteiger partial charge in [-0.3, -0.25) is 14.5 Å². The molecule has 4 nitrogen and oxygen atoms in total. The number of fused-ring (bicyclic) bond motifs is 3. The molecule has 2 amide bonds. The van der Waals surface area contributed by atoms with Crippen LogP contribution in [-0.2, 0) is 17.0 Å². The summed E-state index contributed by atoms with van der Waals surface area (Å²) in [6.07, 6.45) is 0.926. The second-order valence-corrected chi connectivity index (χ2v) is 7.88. The van der Waals surface area contributed by atoms with Crippen LogP contribution in [0.4, 0.5) is 5.69 Å². The number of hydrogen-bond acceptors (Lipinski definition) is 2. The van der Waals surface area contributed by atoms with Crippen molar-refractivity contribution in [1.82, 2.24) is 4.90 Å². The van der Waals surface area contributed by atoms with E-state index in [1.165, 1.54) is 0 Å². The molecule has 0 saturated carbocycles. The van der Waals surface area contributed by atoms with Crippen LogP contribution in [0.1, 0.15) is 34.3 Å². The predicted octanol–water partition coefficient (Wildman–Crippen LogP) is 4.98. The molecule has 29 heavy (non-hydrogen) atoms. The van der Waals surface area contributed by atoms with Gasteiger partial charge in [-0.2, -0.15) is 0 Å². The Morgan fingerprint density at radius 1 is 0.862 bits per heavy atom. The minimum Gasteiger partial charge on any atom is -0.307 e. The van der Waals surface area contributed by atoms with Gasteiger partial charge in [-0.15, -0.1) is 0 Å². The maximum atomic E-state index is 13.7. The van der Waals surface area contributed by atoms with E-state index in [2.05, 4.69) is 0 Å². The number of carbonyl (C=O) groups excluding carboxylic acids is 2. The number of nitrogens with zero attached hydrogens (tertiary/aromatic N) is 2. The molecule has 5 rings (SSSR count). The summed E-state index contributed by atoms with van der Waals surface area (Å²) >= 11 is 6.13. The van der Waals surface area contributed by atoms with E-state index in [1.807, 2.05) is 82.6 Å². The number of benzene rings is 3. The van der Waals surface area contributed by atoms with Gasteiger partial charge in [-0.1, -0.05) is 66.2 Å². The first kappa shape index (κ1) is 18.0. The molecule has 2 aliphatic heterocycles. The van der Waals surface area contributed by atoms with Gasteiger partial charge in [0.05, 0.1) is 11.3 Å². The lowest BCUT2D eigenvalue weighted by atomic mass is 9.89. The zero-order valence-corrected chi connectivity index (χ0v) is 16.5. The highest BCUT2D eigenvalue weighted by Crippen LogP contribution is 2.50. The molecule has 0 N–H and O–H groups in total. The van der Waals surface area contributed by atoms with Crippen molar-refractivity contribution in [3.8, 4) is 0 Å². The minimum absolute atomic E-state index is 0.0259. The Hall–Kier alpha value is -3.11. The Balaban J connectivity index is 1.75. The van der Waals surface area contributed by atoms with Gasteiger partial charge in [0, 0.05) is 24.4 Å². The second-order valence-electron chi connectivity index (χ2n) is 7.45. The summed E-state index contributed by atoms with van der Waals surface area (Å²) in [6.45, 7) is 0.417. The topological polar surface area (TPSA) is 40.6 Å². The second kappa shape index (κ2) is 6.75. The SMILES string of the molecule is O=C1c2ccccc2N2C(=O)CCC2(c2ccc(Cl)cc2)N1Cc1ccccc1. The summed E-state index contributed by atoms with van der Waals surface area (Å²) < 4.78 is 0. The third kappa shape index (κ3) is 2.67. The largest absolute Gasteiger partial charge is 0.307 e. The van der Waals surface area contributed by atoms with Gasteiger partial charge in [0.25, 0.3) is 5.91 Å². The Morgan fingerprint density at radius 2 is 1.55 bits per heavy atom. The molecule has 5 heteroatoms. The Labute approximate surface area is 174 Å². The Kier molecular flexibility index (Phi) is 4.18. The molecule has 0 aromatic heterocycles. The van der Waals surface area contributed by atoms with Gasteiger partial charge in [-0.05, 0) is 35.4 Å². The fourth-order valence-corrected chi connectivity index (χ4v) is 4.70. The van der Waals surface area contributed by atoms with Crippen molar-refractivity contribution in [2.75, 3.05) is 4.90 Å². The first-order valence-corrected chi connectivity index (χ1v) is 10.0. The zero-order valence-electron chi connectivity index (χ0n) is 15.7. The van der Waals surface area contributed by atoms with Gasteiger partial charge in [0.15, 0.2) is 0 Å². The number of para-hydroxylation sites is 1. The maximum Gasteiger partial charge on any atom is 0.258 e. The van der Waals surface area contributed by atoms with Crippen molar-refractivity contribution in [3.63, 3.8) is 0 Å². The van der Waals surface area contributed by atoms with Crippen molar-refractivity contribution >= 4 is 29.1 Å². The highest BCUT2D eigenvalue weighted by atomic mass is 35.5. The van der Waals surface area contributed by atoms with Crippen LogP contribution in [0.15, 0.2) is 78.9 Å². The zero-order chi connectivity index (χ0) is 20.0. The van der Waals surface area contributed by atoms with Crippen molar-refractivity contribution in [3.05, 3.63) is 101 Å². The molecular formula is C24H19ClN2O2. The van der Waals surface area contributed by atoms with Crippen LogP contribution < -0.4 is 4.90 Å². The van der Waals surface area contributed by atoms with Crippen molar-refractivity contribution < 1.29 is 9.59 Å². The fraction of sp³-hybridized carbons (Fsp3) is 0.167. The first-order valence-electron chi connectivity index (χ1n) is 9.65. The van der Waals surface area contributed by atoms with Crippen LogP contribution in [0.2, 0.25) is 5.02 Å². The average molecular weight is 403 g/mol. The molecule has 1 unspecified atom stereocenters. The summed E-state index contributed by atoms with van der Waals surface area (Å²) in [7, 11) is 0. The standard InChI is InChI=1S/C24H19ClN2O2/c25-19-12-10-18(11-13-19)24-15-14-22(28)27(24)21-9-5-4-8-20(21)23(29)26(24)16-17-6-2-1-3-7-17/h1-13H,14-16H2. The summed E-state index contributed by atoms with van der Waals surface area (Å²) in [5.41, 5.74) is 2.30. The van der Waals surface area contributed by atoms with E-state index in [4.69, 9.17) is 11.6 Å². The number of hydrogen-bond donors (Lipinski definition) is 0. The molecule has 3 aromatic rings. The molecule has 3 aromatic carbocycles. The molecule has 1 saturated heterocycles. The van der Waals surface area contributed by atoms with Crippen LogP contribution >= 0.6 is 11.6 Å². The highest BCUT2D eigenvalue weighted by molar-refractivity contribution is 6.30. The van der Waals surface area contributed by atoms with E-state index in [9.17, 15) is 9.59 Å².